The van der Waals surface area contributed by atoms with Crippen molar-refractivity contribution in [2.24, 2.45) is 0 Å². The standard InChI is InChI=1S/C16H12ClN3O3S/c1-2-9-4-3-5-13-14(9)18-16(24-13)19-15(21)11-8-10(20(22)23)6-7-12(11)17/h3-8H,2H2,1H3,(H,18,19,21). The van der Waals surface area contributed by atoms with Crippen LogP contribution < -0.4 is 5.32 Å². The Bertz CT molecular complexity index is 955. The summed E-state index contributed by atoms with van der Waals surface area (Å²) in [6, 6.07) is 9.62. The quantitative estimate of drug-likeness (QED) is 0.540. The SMILES string of the molecule is CCc1cccc2sc(NC(=O)c3cc([N+](=O)[O-])ccc3Cl)nc12. The Morgan fingerprint density at radius 1 is 1.38 bits per heavy atom. The average Bonchev–Trinajstić information content (AvgIpc) is 2.97. The lowest BCUT2D eigenvalue weighted by Crippen LogP contribution is -2.12. The van der Waals surface area contributed by atoms with Crippen LogP contribution in [-0.2, 0) is 6.42 Å². The molecule has 122 valence electrons. The fraction of sp³-hybridized carbons (Fsp3) is 0.125. The smallest absolute Gasteiger partial charge is 0.270 e. The first-order valence-electron chi connectivity index (χ1n) is 7.13. The molecule has 3 aromatic rings. The number of hydrogen-bond acceptors (Lipinski definition) is 5. The Hall–Kier alpha value is -2.51. The number of rotatable bonds is 4. The Morgan fingerprint density at radius 2 is 2.17 bits per heavy atom. The van der Waals surface area contributed by atoms with Gasteiger partial charge in [-0.2, -0.15) is 0 Å². The minimum Gasteiger partial charge on any atom is -0.298 e. The Labute approximate surface area is 146 Å². The van der Waals surface area contributed by atoms with E-state index < -0.39 is 10.8 Å². The second-order valence-electron chi connectivity index (χ2n) is 5.01. The largest absolute Gasteiger partial charge is 0.298 e. The van der Waals surface area contributed by atoms with Gasteiger partial charge in [-0.25, -0.2) is 4.98 Å². The molecule has 24 heavy (non-hydrogen) atoms. The topological polar surface area (TPSA) is 85.1 Å². The van der Waals surface area contributed by atoms with E-state index in [1.807, 2.05) is 25.1 Å². The van der Waals surface area contributed by atoms with Gasteiger partial charge in [0.1, 0.15) is 0 Å². The fourth-order valence-electron chi connectivity index (χ4n) is 2.31. The highest BCUT2D eigenvalue weighted by Gasteiger charge is 2.17. The molecule has 1 amide bonds. The van der Waals surface area contributed by atoms with Crippen LogP contribution in [0, 0.1) is 10.1 Å². The molecule has 6 nitrogen and oxygen atoms in total. The molecule has 0 aliphatic heterocycles. The molecule has 0 radical (unpaired) electrons. The first-order valence-corrected chi connectivity index (χ1v) is 8.32. The van der Waals surface area contributed by atoms with Crippen LogP contribution in [0.1, 0.15) is 22.8 Å². The summed E-state index contributed by atoms with van der Waals surface area (Å²) in [7, 11) is 0. The van der Waals surface area contributed by atoms with Crippen LogP contribution in [0.4, 0.5) is 10.8 Å². The molecule has 0 bridgehead atoms. The third-order valence-electron chi connectivity index (χ3n) is 3.51. The summed E-state index contributed by atoms with van der Waals surface area (Å²) >= 11 is 7.33. The van der Waals surface area contributed by atoms with E-state index in [9.17, 15) is 14.9 Å². The number of nitro benzene ring substituents is 1. The number of aryl methyl sites for hydroxylation is 1. The number of para-hydroxylation sites is 1. The van der Waals surface area contributed by atoms with Crippen molar-refractivity contribution in [3.63, 3.8) is 0 Å². The summed E-state index contributed by atoms with van der Waals surface area (Å²) in [5.41, 5.74) is 1.80. The van der Waals surface area contributed by atoms with Crippen molar-refractivity contribution >= 4 is 49.9 Å². The Balaban J connectivity index is 1.93. The molecule has 0 unspecified atom stereocenters. The van der Waals surface area contributed by atoms with E-state index in [1.165, 1.54) is 23.5 Å². The third-order valence-corrected chi connectivity index (χ3v) is 4.77. The summed E-state index contributed by atoms with van der Waals surface area (Å²) in [6.45, 7) is 2.04. The number of amides is 1. The zero-order valence-electron chi connectivity index (χ0n) is 12.6. The van der Waals surface area contributed by atoms with Crippen LogP contribution in [0.5, 0.6) is 0 Å². The highest BCUT2D eigenvalue weighted by atomic mass is 35.5. The van der Waals surface area contributed by atoms with E-state index in [4.69, 9.17) is 11.6 Å². The molecule has 0 aliphatic carbocycles. The molecule has 0 saturated heterocycles. The van der Waals surface area contributed by atoms with Crippen molar-refractivity contribution < 1.29 is 9.72 Å². The van der Waals surface area contributed by atoms with Crippen LogP contribution in [0.3, 0.4) is 0 Å². The maximum absolute atomic E-state index is 12.4. The number of carbonyl (C=O) groups excluding carboxylic acids is 1. The number of nitrogens with one attached hydrogen (secondary N) is 1. The van der Waals surface area contributed by atoms with Gasteiger partial charge in [0, 0.05) is 12.1 Å². The lowest BCUT2D eigenvalue weighted by molar-refractivity contribution is -0.384. The molecule has 8 heteroatoms. The minimum atomic E-state index is -0.571. The maximum Gasteiger partial charge on any atom is 0.270 e. The molecule has 0 saturated carbocycles. The summed E-state index contributed by atoms with van der Waals surface area (Å²) in [5.74, 6) is -0.527. The number of anilines is 1. The van der Waals surface area contributed by atoms with Gasteiger partial charge in [0.2, 0.25) is 0 Å². The van der Waals surface area contributed by atoms with Gasteiger partial charge in [-0.05, 0) is 24.1 Å². The molecule has 0 atom stereocenters. The number of aromatic nitrogens is 1. The lowest BCUT2D eigenvalue weighted by atomic mass is 10.1. The molecular formula is C16H12ClN3O3S. The van der Waals surface area contributed by atoms with Crippen LogP contribution >= 0.6 is 22.9 Å². The molecule has 1 aromatic heterocycles. The van der Waals surface area contributed by atoms with Crippen molar-refractivity contribution in [2.45, 2.75) is 13.3 Å². The third kappa shape index (κ3) is 3.08. The summed E-state index contributed by atoms with van der Waals surface area (Å²) in [4.78, 5) is 27.1. The monoisotopic (exact) mass is 361 g/mol. The number of nitrogens with zero attached hydrogens (tertiary/aromatic N) is 2. The number of hydrogen-bond donors (Lipinski definition) is 1. The van der Waals surface area contributed by atoms with E-state index in [2.05, 4.69) is 10.3 Å². The molecule has 0 spiro atoms. The average molecular weight is 362 g/mol. The van der Waals surface area contributed by atoms with Gasteiger partial charge in [-0.15, -0.1) is 0 Å². The van der Waals surface area contributed by atoms with Gasteiger partial charge in [-0.3, -0.25) is 20.2 Å². The lowest BCUT2D eigenvalue weighted by Gasteiger charge is -2.03. The van der Waals surface area contributed by atoms with Gasteiger partial charge in [-0.1, -0.05) is 42.0 Å². The van der Waals surface area contributed by atoms with Gasteiger partial charge >= 0.3 is 0 Å². The molecule has 1 heterocycles. The van der Waals surface area contributed by atoms with E-state index in [1.54, 1.807) is 0 Å². The number of benzene rings is 2. The fourth-order valence-corrected chi connectivity index (χ4v) is 3.42. The number of halogens is 1. The van der Waals surface area contributed by atoms with Crippen LogP contribution in [-0.4, -0.2) is 15.8 Å². The number of fused-ring (bicyclic) bond motifs is 1. The van der Waals surface area contributed by atoms with Gasteiger partial charge in [0.25, 0.3) is 11.6 Å². The van der Waals surface area contributed by atoms with Gasteiger partial charge in [0.05, 0.1) is 25.7 Å². The number of thiazole rings is 1. The molecule has 0 fully saturated rings. The van der Waals surface area contributed by atoms with Crippen molar-refractivity contribution in [3.05, 3.63) is 62.7 Å². The van der Waals surface area contributed by atoms with Crippen LogP contribution in [0.2, 0.25) is 5.02 Å². The Morgan fingerprint density at radius 3 is 2.88 bits per heavy atom. The van der Waals surface area contributed by atoms with Gasteiger partial charge < -0.3 is 0 Å². The number of non-ortho nitro benzene ring substituents is 1. The zero-order valence-corrected chi connectivity index (χ0v) is 14.1. The predicted molar refractivity (Wildman–Crippen MR) is 95.1 cm³/mol. The molecular weight excluding hydrogens is 350 g/mol. The van der Waals surface area contributed by atoms with Crippen LogP contribution in [0.15, 0.2) is 36.4 Å². The van der Waals surface area contributed by atoms with Crippen molar-refractivity contribution in [1.82, 2.24) is 4.98 Å². The predicted octanol–water partition coefficient (Wildman–Crippen LogP) is 4.67. The van der Waals surface area contributed by atoms with Gasteiger partial charge in [0.15, 0.2) is 5.13 Å². The second kappa shape index (κ2) is 6.54. The van der Waals surface area contributed by atoms with E-state index in [0.717, 1.165) is 28.3 Å². The van der Waals surface area contributed by atoms with Crippen molar-refractivity contribution in [2.75, 3.05) is 5.32 Å². The molecule has 2 aromatic carbocycles. The highest BCUT2D eigenvalue weighted by Crippen LogP contribution is 2.30. The molecule has 3 rings (SSSR count). The molecule has 0 aliphatic rings. The summed E-state index contributed by atoms with van der Waals surface area (Å²) in [5, 5.41) is 14.1. The van der Waals surface area contributed by atoms with E-state index in [-0.39, 0.29) is 16.3 Å². The number of carbonyl (C=O) groups is 1. The summed E-state index contributed by atoms with van der Waals surface area (Å²) in [6.07, 6.45) is 0.838. The second-order valence-corrected chi connectivity index (χ2v) is 6.45. The van der Waals surface area contributed by atoms with Crippen molar-refractivity contribution in [3.8, 4) is 0 Å². The normalized spacial score (nSPS) is 10.8. The first kappa shape index (κ1) is 16.4. The zero-order chi connectivity index (χ0) is 17.3. The maximum atomic E-state index is 12.4. The summed E-state index contributed by atoms with van der Waals surface area (Å²) < 4.78 is 0.967. The highest BCUT2D eigenvalue weighted by molar-refractivity contribution is 7.22. The minimum absolute atomic E-state index is 0.0424. The van der Waals surface area contributed by atoms with E-state index in [0.29, 0.717) is 5.13 Å². The van der Waals surface area contributed by atoms with Crippen LogP contribution in [0.25, 0.3) is 10.2 Å². The number of nitro groups is 1. The Kier molecular flexibility index (Phi) is 4.46. The van der Waals surface area contributed by atoms with Crippen molar-refractivity contribution in [1.29, 1.82) is 0 Å². The molecule has 1 N–H and O–H groups in total. The first-order chi connectivity index (χ1) is 11.5. The van der Waals surface area contributed by atoms with E-state index >= 15 is 0 Å².